The first-order valence-electron chi connectivity index (χ1n) is 10.8. The van der Waals surface area contributed by atoms with Gasteiger partial charge in [0.15, 0.2) is 11.6 Å². The number of hydrazone groups is 2. The summed E-state index contributed by atoms with van der Waals surface area (Å²) in [5, 5.41) is 11.8. The van der Waals surface area contributed by atoms with Crippen LogP contribution in [0, 0.1) is 12.7 Å². The summed E-state index contributed by atoms with van der Waals surface area (Å²) in [4.78, 5) is 17.1. The summed E-state index contributed by atoms with van der Waals surface area (Å²) in [7, 11) is 0. The molecule has 0 spiro atoms. The number of nitrogens with zero attached hydrogens (tertiary/aromatic N) is 6. The summed E-state index contributed by atoms with van der Waals surface area (Å²) in [6, 6.07) is 13.8. The van der Waals surface area contributed by atoms with Crippen molar-refractivity contribution in [3.63, 3.8) is 0 Å². The van der Waals surface area contributed by atoms with Gasteiger partial charge in [-0.3, -0.25) is 20.8 Å². The molecule has 0 saturated carbocycles. The van der Waals surface area contributed by atoms with Crippen LogP contribution >= 0.6 is 0 Å². The fourth-order valence-electron chi connectivity index (χ4n) is 3.06. The van der Waals surface area contributed by atoms with Gasteiger partial charge in [-0.1, -0.05) is 12.1 Å². The van der Waals surface area contributed by atoms with Gasteiger partial charge >= 0.3 is 0 Å². The van der Waals surface area contributed by atoms with Crippen LogP contribution in [0.15, 0.2) is 83.5 Å². The van der Waals surface area contributed by atoms with Crippen LogP contribution in [0.5, 0.6) is 0 Å². The van der Waals surface area contributed by atoms with E-state index >= 15 is 0 Å². The quantitative estimate of drug-likeness (QED) is 0.242. The normalized spacial score (nSPS) is 11.8. The van der Waals surface area contributed by atoms with Crippen LogP contribution in [0.4, 0.5) is 27.7 Å². The molecule has 4 aromatic rings. The molecule has 0 aliphatic heterocycles. The van der Waals surface area contributed by atoms with E-state index in [2.05, 4.69) is 46.3 Å². The van der Waals surface area contributed by atoms with Gasteiger partial charge < -0.3 is 5.32 Å². The second-order valence-corrected chi connectivity index (χ2v) is 7.56. The van der Waals surface area contributed by atoms with E-state index in [4.69, 9.17) is 0 Å². The van der Waals surface area contributed by atoms with E-state index in [9.17, 15) is 4.39 Å². The predicted octanol–water partition coefficient (Wildman–Crippen LogP) is 5.13. The van der Waals surface area contributed by atoms with Crippen LogP contribution < -0.4 is 16.2 Å². The SMILES string of the molecule is CC(=NNc1nc(Nc2ccccc2F)nc(NN=C(C)c2ccncc2)c1C)c1ccncc1. The van der Waals surface area contributed by atoms with Crippen molar-refractivity contribution < 1.29 is 4.39 Å². The van der Waals surface area contributed by atoms with Gasteiger partial charge in [0.05, 0.1) is 17.1 Å². The minimum absolute atomic E-state index is 0.180. The van der Waals surface area contributed by atoms with Gasteiger partial charge in [0, 0.05) is 41.5 Å². The van der Waals surface area contributed by atoms with Crippen molar-refractivity contribution in [2.45, 2.75) is 20.8 Å². The van der Waals surface area contributed by atoms with Crippen LogP contribution in [0.25, 0.3) is 0 Å². The maximum atomic E-state index is 14.2. The highest BCUT2D eigenvalue weighted by molar-refractivity contribution is 5.99. The molecule has 0 bridgehead atoms. The van der Waals surface area contributed by atoms with Gasteiger partial charge in [0.25, 0.3) is 0 Å². The number of hydrogen-bond acceptors (Lipinski definition) is 9. The maximum Gasteiger partial charge on any atom is 0.231 e. The van der Waals surface area contributed by atoms with E-state index in [1.165, 1.54) is 6.07 Å². The molecule has 3 N–H and O–H groups in total. The van der Waals surface area contributed by atoms with Crippen molar-refractivity contribution in [1.29, 1.82) is 0 Å². The zero-order chi connectivity index (χ0) is 24.6. The second kappa shape index (κ2) is 10.9. The number of hydrogen-bond donors (Lipinski definition) is 3. The number of halogens is 1. The van der Waals surface area contributed by atoms with Gasteiger partial charge in [0.2, 0.25) is 5.95 Å². The summed E-state index contributed by atoms with van der Waals surface area (Å²) in [5.74, 6) is 0.635. The van der Waals surface area contributed by atoms with Crippen molar-refractivity contribution in [1.82, 2.24) is 19.9 Å². The molecule has 0 amide bonds. The zero-order valence-corrected chi connectivity index (χ0v) is 19.5. The first-order valence-corrected chi connectivity index (χ1v) is 10.8. The van der Waals surface area contributed by atoms with Gasteiger partial charge in [0.1, 0.15) is 5.82 Å². The van der Waals surface area contributed by atoms with Crippen LogP contribution in [0.2, 0.25) is 0 Å². The number of pyridine rings is 2. The average molecular weight is 470 g/mol. The smallest absolute Gasteiger partial charge is 0.231 e. The minimum Gasteiger partial charge on any atom is -0.322 e. The molecule has 3 heterocycles. The number of aromatic nitrogens is 4. The molecular formula is C25H24FN9. The summed E-state index contributed by atoms with van der Waals surface area (Å²) in [5.41, 5.74) is 10.3. The number of benzene rings is 1. The summed E-state index contributed by atoms with van der Waals surface area (Å²) in [6.07, 6.45) is 6.80. The Hall–Kier alpha value is -4.73. The Morgan fingerprint density at radius 1 is 0.743 bits per heavy atom. The van der Waals surface area contributed by atoms with Crippen molar-refractivity contribution in [2.75, 3.05) is 16.2 Å². The third kappa shape index (κ3) is 5.99. The molecule has 0 unspecified atom stereocenters. The van der Waals surface area contributed by atoms with Gasteiger partial charge in [-0.2, -0.15) is 20.2 Å². The lowest BCUT2D eigenvalue weighted by Crippen LogP contribution is -2.09. The van der Waals surface area contributed by atoms with Crippen LogP contribution in [0.1, 0.15) is 30.5 Å². The molecule has 10 heteroatoms. The highest BCUT2D eigenvalue weighted by Gasteiger charge is 2.13. The number of nitrogens with one attached hydrogen (secondary N) is 3. The average Bonchev–Trinajstić information content (AvgIpc) is 2.90. The molecular weight excluding hydrogens is 445 g/mol. The molecule has 0 atom stereocenters. The topological polar surface area (TPSA) is 112 Å². The van der Waals surface area contributed by atoms with Gasteiger partial charge in [-0.25, -0.2) is 4.39 Å². The monoisotopic (exact) mass is 469 g/mol. The molecule has 4 rings (SSSR count). The summed E-state index contributed by atoms with van der Waals surface area (Å²) >= 11 is 0. The molecule has 3 aromatic heterocycles. The van der Waals surface area contributed by atoms with Crippen LogP contribution in [0.3, 0.4) is 0 Å². The van der Waals surface area contributed by atoms with Gasteiger partial charge in [-0.05, 0) is 57.2 Å². The van der Waals surface area contributed by atoms with Gasteiger partial charge in [-0.15, -0.1) is 0 Å². The molecule has 0 saturated heterocycles. The Morgan fingerprint density at radius 3 is 1.71 bits per heavy atom. The van der Waals surface area contributed by atoms with Crippen molar-refractivity contribution in [2.24, 2.45) is 10.2 Å². The van der Waals surface area contributed by atoms with E-state index in [1.807, 2.05) is 45.0 Å². The van der Waals surface area contributed by atoms with E-state index in [1.54, 1.807) is 43.0 Å². The Morgan fingerprint density at radius 2 is 1.23 bits per heavy atom. The lowest BCUT2D eigenvalue weighted by Gasteiger charge is -2.14. The first-order chi connectivity index (χ1) is 17.0. The highest BCUT2D eigenvalue weighted by atomic mass is 19.1. The first kappa shape index (κ1) is 23.4. The molecule has 1 aromatic carbocycles. The number of para-hydroxylation sites is 1. The Labute approximate surface area is 202 Å². The van der Waals surface area contributed by atoms with E-state index in [-0.39, 0.29) is 11.6 Å². The molecule has 176 valence electrons. The Balaban J connectivity index is 1.67. The second-order valence-electron chi connectivity index (χ2n) is 7.56. The van der Waals surface area contributed by atoms with Crippen molar-refractivity contribution in [3.8, 4) is 0 Å². The van der Waals surface area contributed by atoms with Crippen LogP contribution in [-0.4, -0.2) is 31.4 Å². The summed E-state index contributed by atoms with van der Waals surface area (Å²) in [6.45, 7) is 5.59. The largest absolute Gasteiger partial charge is 0.322 e. The molecule has 0 aliphatic carbocycles. The molecule has 0 aliphatic rings. The molecule has 9 nitrogen and oxygen atoms in total. The number of anilines is 4. The van der Waals surface area contributed by atoms with E-state index in [0.717, 1.165) is 22.6 Å². The van der Waals surface area contributed by atoms with E-state index < -0.39 is 5.82 Å². The molecule has 0 fully saturated rings. The van der Waals surface area contributed by atoms with E-state index in [0.29, 0.717) is 17.2 Å². The number of rotatable bonds is 8. The molecule has 0 radical (unpaired) electrons. The zero-order valence-electron chi connectivity index (χ0n) is 19.5. The van der Waals surface area contributed by atoms with Crippen LogP contribution in [-0.2, 0) is 0 Å². The Kier molecular flexibility index (Phi) is 7.31. The lowest BCUT2D eigenvalue weighted by molar-refractivity contribution is 0.631. The van der Waals surface area contributed by atoms with Crippen molar-refractivity contribution >= 4 is 34.7 Å². The van der Waals surface area contributed by atoms with Crippen molar-refractivity contribution in [3.05, 3.63) is 95.8 Å². The lowest BCUT2D eigenvalue weighted by atomic mass is 10.2. The predicted molar refractivity (Wildman–Crippen MR) is 137 cm³/mol. The fraction of sp³-hybridized carbons (Fsp3) is 0.120. The molecule has 35 heavy (non-hydrogen) atoms. The maximum absolute atomic E-state index is 14.2. The highest BCUT2D eigenvalue weighted by Crippen LogP contribution is 2.25. The third-order valence-corrected chi connectivity index (χ3v) is 5.12. The fourth-order valence-corrected chi connectivity index (χ4v) is 3.06. The third-order valence-electron chi connectivity index (χ3n) is 5.12. The summed E-state index contributed by atoms with van der Waals surface area (Å²) < 4.78 is 14.2. The minimum atomic E-state index is -0.418. The standard InChI is InChI=1S/C25H24FN9/c1-16-23(34-32-17(2)19-8-12-27-13-9-19)30-25(29-22-7-5-4-6-21(22)26)31-24(16)35-33-18(3)20-10-14-28-15-11-20/h4-15H,1-3H3,(H3,29,30,31,34,35). The Bertz CT molecular complexity index is 1280.